The lowest BCUT2D eigenvalue weighted by atomic mass is 9.79. The van der Waals surface area contributed by atoms with E-state index in [9.17, 15) is 22.8 Å². The third kappa shape index (κ3) is 5.46. The molecule has 29 heavy (non-hydrogen) atoms. The van der Waals surface area contributed by atoms with Crippen LogP contribution in [0.15, 0.2) is 18.3 Å². The number of nitrogens with two attached hydrogens (primary N) is 1. The first-order chi connectivity index (χ1) is 13.6. The Hall–Kier alpha value is -2.16. The highest BCUT2D eigenvalue weighted by molar-refractivity contribution is 5.94. The molecule has 0 spiro atoms. The van der Waals surface area contributed by atoms with Gasteiger partial charge in [0.2, 0.25) is 11.8 Å². The summed E-state index contributed by atoms with van der Waals surface area (Å²) in [5.41, 5.74) is 6.77. The van der Waals surface area contributed by atoms with E-state index in [2.05, 4.69) is 17.2 Å². The summed E-state index contributed by atoms with van der Waals surface area (Å²) in [4.78, 5) is 28.5. The molecule has 0 bridgehead atoms. The van der Waals surface area contributed by atoms with Crippen LogP contribution in [-0.4, -0.2) is 35.1 Å². The first-order valence-electron chi connectivity index (χ1n) is 10.0. The number of rotatable bonds is 5. The molecular weight excluding hydrogens is 385 g/mol. The Kier molecular flexibility index (Phi) is 6.45. The first-order valence-corrected chi connectivity index (χ1v) is 10.0. The van der Waals surface area contributed by atoms with Gasteiger partial charge in [0.25, 0.3) is 0 Å². The van der Waals surface area contributed by atoms with Crippen LogP contribution >= 0.6 is 0 Å². The Morgan fingerprint density at radius 2 is 2.03 bits per heavy atom. The van der Waals surface area contributed by atoms with Gasteiger partial charge in [-0.25, -0.2) is 4.98 Å². The van der Waals surface area contributed by atoms with Crippen LogP contribution in [0.4, 0.5) is 19.0 Å². The van der Waals surface area contributed by atoms with Crippen LogP contribution in [0.5, 0.6) is 0 Å². The van der Waals surface area contributed by atoms with Crippen molar-refractivity contribution in [1.29, 1.82) is 0 Å². The number of amides is 2. The summed E-state index contributed by atoms with van der Waals surface area (Å²) in [7, 11) is 0. The summed E-state index contributed by atoms with van der Waals surface area (Å²) < 4.78 is 38.5. The predicted molar refractivity (Wildman–Crippen MR) is 102 cm³/mol. The number of hydrogen-bond donors (Lipinski definition) is 3. The molecule has 0 radical (unpaired) electrons. The van der Waals surface area contributed by atoms with Gasteiger partial charge in [-0.1, -0.05) is 19.8 Å². The lowest BCUT2D eigenvalue weighted by molar-refractivity contribution is -0.154. The standard InChI is InChI=1S/C20H27F3N4O2/c1-11-2-4-13(5-3-11)17(24)19(29)27-16-9-12(6-7-25-16)8-14-10-15(20(21,22)23)26-18(14)28/h6-7,9,11,13-15,17H,2-5,8,10,24H2,1H3,(H,26,28)(H,25,27,29)/t11?,13?,14-,15-,17?/m0/s1. The van der Waals surface area contributed by atoms with Crippen molar-refractivity contribution < 1.29 is 22.8 Å². The van der Waals surface area contributed by atoms with Crippen molar-refractivity contribution in [3.05, 3.63) is 23.9 Å². The molecule has 0 aromatic carbocycles. The number of pyridine rings is 1. The highest BCUT2D eigenvalue weighted by atomic mass is 19.4. The van der Waals surface area contributed by atoms with Gasteiger partial charge in [-0.3, -0.25) is 9.59 Å². The number of alkyl halides is 3. The quantitative estimate of drug-likeness (QED) is 0.693. The van der Waals surface area contributed by atoms with Gasteiger partial charge < -0.3 is 16.4 Å². The molecule has 1 unspecified atom stereocenters. The largest absolute Gasteiger partial charge is 0.408 e. The average Bonchev–Trinajstić information content (AvgIpc) is 3.03. The minimum atomic E-state index is -4.45. The summed E-state index contributed by atoms with van der Waals surface area (Å²) in [6, 6.07) is 0.784. The summed E-state index contributed by atoms with van der Waals surface area (Å²) >= 11 is 0. The van der Waals surface area contributed by atoms with E-state index >= 15 is 0 Å². The Bertz CT molecular complexity index is 747. The number of nitrogens with zero attached hydrogens (tertiary/aromatic N) is 1. The van der Waals surface area contributed by atoms with E-state index in [4.69, 9.17) is 5.73 Å². The summed E-state index contributed by atoms with van der Waals surface area (Å²) in [6.07, 6.45) is 0.819. The molecule has 2 amide bonds. The molecule has 4 N–H and O–H groups in total. The second-order valence-corrected chi connectivity index (χ2v) is 8.32. The zero-order valence-electron chi connectivity index (χ0n) is 16.3. The van der Waals surface area contributed by atoms with Gasteiger partial charge in [0.15, 0.2) is 0 Å². The van der Waals surface area contributed by atoms with Crippen molar-refractivity contribution in [3.8, 4) is 0 Å². The number of nitrogens with one attached hydrogen (secondary N) is 2. The van der Waals surface area contributed by atoms with Crippen molar-refractivity contribution >= 4 is 17.6 Å². The monoisotopic (exact) mass is 412 g/mol. The molecule has 1 aromatic heterocycles. The molecule has 2 aliphatic rings. The second kappa shape index (κ2) is 8.69. The summed E-state index contributed by atoms with van der Waals surface area (Å²) in [5, 5.41) is 4.70. The fourth-order valence-electron chi connectivity index (χ4n) is 4.15. The lowest BCUT2D eigenvalue weighted by Crippen LogP contribution is -2.43. The molecule has 1 aromatic rings. The number of hydrogen-bond acceptors (Lipinski definition) is 4. The van der Waals surface area contributed by atoms with E-state index in [-0.39, 0.29) is 30.5 Å². The van der Waals surface area contributed by atoms with E-state index in [1.54, 1.807) is 12.1 Å². The predicted octanol–water partition coefficient (Wildman–Crippen LogP) is 2.78. The molecule has 3 atom stereocenters. The lowest BCUT2D eigenvalue weighted by Gasteiger charge is -2.29. The van der Waals surface area contributed by atoms with E-state index in [1.165, 1.54) is 6.20 Å². The molecule has 2 fully saturated rings. The normalized spacial score (nSPS) is 28.7. The number of anilines is 1. The summed E-state index contributed by atoms with van der Waals surface area (Å²) in [5.74, 6) is -0.606. The molecule has 6 nitrogen and oxygen atoms in total. The van der Waals surface area contributed by atoms with Gasteiger partial charge in [0.05, 0.1) is 6.04 Å². The van der Waals surface area contributed by atoms with Crippen molar-refractivity contribution in [1.82, 2.24) is 10.3 Å². The molecule has 2 heterocycles. The van der Waals surface area contributed by atoms with E-state index in [0.717, 1.165) is 25.7 Å². The maximum Gasteiger partial charge on any atom is 0.408 e. The maximum atomic E-state index is 12.8. The van der Waals surface area contributed by atoms with Crippen molar-refractivity contribution in [2.45, 2.75) is 63.7 Å². The van der Waals surface area contributed by atoms with Gasteiger partial charge in [-0.05, 0) is 55.2 Å². The fourth-order valence-corrected chi connectivity index (χ4v) is 4.15. The van der Waals surface area contributed by atoms with E-state index in [0.29, 0.717) is 11.5 Å². The van der Waals surface area contributed by atoms with Crippen LogP contribution in [0, 0.1) is 17.8 Å². The molecule has 3 rings (SSSR count). The molecular formula is C20H27F3N4O2. The van der Waals surface area contributed by atoms with Crippen LogP contribution in [0.25, 0.3) is 0 Å². The SMILES string of the molecule is CC1CCC(C(N)C(=O)Nc2cc(C[C@H]3C[C@@H](C(F)(F)F)NC3=O)ccn2)CC1. The zero-order valence-corrected chi connectivity index (χ0v) is 16.3. The summed E-state index contributed by atoms with van der Waals surface area (Å²) in [6.45, 7) is 2.19. The van der Waals surface area contributed by atoms with Crippen molar-refractivity contribution in [3.63, 3.8) is 0 Å². The smallest absolute Gasteiger partial charge is 0.344 e. The topological polar surface area (TPSA) is 97.1 Å². The molecule has 9 heteroatoms. The van der Waals surface area contributed by atoms with E-state index in [1.807, 2.05) is 5.32 Å². The van der Waals surface area contributed by atoms with Gasteiger partial charge in [0.1, 0.15) is 11.9 Å². The fraction of sp³-hybridized carbons (Fsp3) is 0.650. The highest BCUT2D eigenvalue weighted by Crippen LogP contribution is 2.32. The van der Waals surface area contributed by atoms with Crippen molar-refractivity contribution in [2.75, 3.05) is 5.32 Å². The van der Waals surface area contributed by atoms with Crippen LogP contribution in [0.2, 0.25) is 0 Å². The third-order valence-corrected chi connectivity index (χ3v) is 6.03. The number of halogens is 3. The number of aromatic nitrogens is 1. The molecule has 160 valence electrons. The highest BCUT2D eigenvalue weighted by Gasteiger charge is 2.47. The molecule has 1 aliphatic heterocycles. The van der Waals surface area contributed by atoms with Crippen LogP contribution in [0.1, 0.15) is 44.6 Å². The molecule has 1 aliphatic carbocycles. The molecule has 1 saturated heterocycles. The van der Waals surface area contributed by atoms with Gasteiger partial charge in [-0.2, -0.15) is 13.2 Å². The van der Waals surface area contributed by atoms with Gasteiger partial charge in [0, 0.05) is 12.1 Å². The minimum Gasteiger partial charge on any atom is -0.344 e. The molecule has 1 saturated carbocycles. The Morgan fingerprint density at radius 3 is 2.66 bits per heavy atom. The number of carbonyl (C=O) groups excluding carboxylic acids is 2. The van der Waals surface area contributed by atoms with Gasteiger partial charge in [-0.15, -0.1) is 0 Å². The van der Waals surface area contributed by atoms with Crippen LogP contribution in [-0.2, 0) is 16.0 Å². The third-order valence-electron chi connectivity index (χ3n) is 6.03. The maximum absolute atomic E-state index is 12.8. The van der Waals surface area contributed by atoms with Crippen LogP contribution < -0.4 is 16.4 Å². The zero-order chi connectivity index (χ0) is 21.2. The van der Waals surface area contributed by atoms with Gasteiger partial charge >= 0.3 is 6.18 Å². The minimum absolute atomic E-state index is 0.135. The Morgan fingerprint density at radius 1 is 1.34 bits per heavy atom. The Balaban J connectivity index is 1.58. The Labute approximate surface area is 167 Å². The first kappa shape index (κ1) is 21.5. The average molecular weight is 412 g/mol. The van der Waals surface area contributed by atoms with Crippen molar-refractivity contribution in [2.24, 2.45) is 23.5 Å². The second-order valence-electron chi connectivity index (χ2n) is 8.32. The van der Waals surface area contributed by atoms with E-state index < -0.39 is 30.1 Å². The number of carbonyl (C=O) groups is 2. The van der Waals surface area contributed by atoms with Crippen LogP contribution in [0.3, 0.4) is 0 Å².